The van der Waals surface area contributed by atoms with Crippen molar-refractivity contribution in [2.75, 3.05) is 0 Å². The van der Waals surface area contributed by atoms with Crippen molar-refractivity contribution in [3.05, 3.63) is 47.5 Å². The Hall–Kier alpha value is -1.70. The average Bonchev–Trinajstić information content (AvgIpc) is 2.42. The molecule has 2 heteroatoms. The van der Waals surface area contributed by atoms with E-state index in [0.717, 1.165) is 24.8 Å². The molecule has 2 aliphatic carbocycles. The van der Waals surface area contributed by atoms with Crippen LogP contribution < -0.4 is 0 Å². The first kappa shape index (κ1) is 12.3. The third kappa shape index (κ3) is 2.16. The van der Waals surface area contributed by atoms with Gasteiger partial charge >= 0.3 is 0 Å². The summed E-state index contributed by atoms with van der Waals surface area (Å²) in [5, 5.41) is 0. The fourth-order valence-electron chi connectivity index (χ4n) is 3.46. The predicted molar refractivity (Wildman–Crippen MR) is 73.8 cm³/mol. The molecule has 3 rings (SSSR count). The third-order valence-corrected chi connectivity index (χ3v) is 4.48. The Balaban J connectivity index is 1.99. The van der Waals surface area contributed by atoms with Crippen LogP contribution in [0.15, 0.2) is 42.0 Å². The number of ketones is 2. The zero-order valence-corrected chi connectivity index (χ0v) is 11.0. The van der Waals surface area contributed by atoms with Crippen molar-refractivity contribution in [3.8, 4) is 0 Å². The maximum atomic E-state index is 12.5. The smallest absolute Gasteiger partial charge is 0.155 e. The van der Waals surface area contributed by atoms with Crippen LogP contribution in [0, 0.1) is 5.41 Å². The summed E-state index contributed by atoms with van der Waals surface area (Å²) in [6.45, 7) is 0. The molecular formula is C17H18O2. The van der Waals surface area contributed by atoms with E-state index in [4.69, 9.17) is 0 Å². The first-order valence-electron chi connectivity index (χ1n) is 7.02. The van der Waals surface area contributed by atoms with Gasteiger partial charge in [0.25, 0.3) is 0 Å². The van der Waals surface area contributed by atoms with Crippen molar-refractivity contribution in [3.63, 3.8) is 0 Å². The molecule has 0 heterocycles. The molecule has 0 N–H and O–H groups in total. The van der Waals surface area contributed by atoms with Gasteiger partial charge in [-0.05, 0) is 37.3 Å². The second kappa shape index (κ2) is 4.76. The highest BCUT2D eigenvalue weighted by Gasteiger charge is 2.45. The van der Waals surface area contributed by atoms with E-state index in [-0.39, 0.29) is 11.2 Å². The van der Waals surface area contributed by atoms with Crippen LogP contribution in [0.25, 0.3) is 0 Å². The Labute approximate surface area is 113 Å². The highest BCUT2D eigenvalue weighted by atomic mass is 16.1. The summed E-state index contributed by atoms with van der Waals surface area (Å²) >= 11 is 0. The van der Waals surface area contributed by atoms with Crippen molar-refractivity contribution in [1.82, 2.24) is 0 Å². The Morgan fingerprint density at radius 3 is 2.58 bits per heavy atom. The van der Waals surface area contributed by atoms with Gasteiger partial charge in [-0.2, -0.15) is 0 Å². The van der Waals surface area contributed by atoms with Crippen molar-refractivity contribution in [2.45, 2.75) is 38.5 Å². The monoisotopic (exact) mass is 254 g/mol. The number of hydrogen-bond acceptors (Lipinski definition) is 2. The van der Waals surface area contributed by atoms with Crippen LogP contribution in [0.5, 0.6) is 0 Å². The van der Waals surface area contributed by atoms with Gasteiger partial charge in [0.15, 0.2) is 5.78 Å². The van der Waals surface area contributed by atoms with Crippen LogP contribution in [0.4, 0.5) is 0 Å². The molecule has 0 amide bonds. The minimum atomic E-state index is -0.381. The fourth-order valence-corrected chi connectivity index (χ4v) is 3.46. The van der Waals surface area contributed by atoms with E-state index in [2.05, 4.69) is 12.1 Å². The quantitative estimate of drug-likeness (QED) is 0.811. The molecule has 0 aliphatic heterocycles. The fraction of sp³-hybridized carbons (Fsp3) is 0.412. The molecule has 1 fully saturated rings. The Kier molecular flexibility index (Phi) is 3.09. The highest BCUT2D eigenvalue weighted by Crippen LogP contribution is 2.46. The lowest BCUT2D eigenvalue weighted by molar-refractivity contribution is -0.129. The van der Waals surface area contributed by atoms with Crippen molar-refractivity contribution in [2.24, 2.45) is 5.41 Å². The SMILES string of the molecule is O=C1C=C2CCCC(=O)[C@@]2(Cc2ccccc2)CC1. The van der Waals surface area contributed by atoms with E-state index < -0.39 is 0 Å². The van der Waals surface area contributed by atoms with Gasteiger partial charge in [-0.25, -0.2) is 0 Å². The second-order valence-corrected chi connectivity index (χ2v) is 5.66. The Morgan fingerprint density at radius 2 is 1.79 bits per heavy atom. The van der Waals surface area contributed by atoms with Gasteiger partial charge in [0.1, 0.15) is 5.78 Å². The molecule has 98 valence electrons. The third-order valence-electron chi connectivity index (χ3n) is 4.48. The molecule has 2 aliphatic rings. The summed E-state index contributed by atoms with van der Waals surface area (Å²) < 4.78 is 0. The van der Waals surface area contributed by atoms with Crippen LogP contribution in [0.3, 0.4) is 0 Å². The van der Waals surface area contributed by atoms with Gasteiger partial charge in [0.05, 0.1) is 5.41 Å². The van der Waals surface area contributed by atoms with Gasteiger partial charge in [0.2, 0.25) is 0 Å². The highest BCUT2D eigenvalue weighted by molar-refractivity contribution is 5.98. The number of fused-ring (bicyclic) bond motifs is 1. The first-order chi connectivity index (χ1) is 9.21. The summed E-state index contributed by atoms with van der Waals surface area (Å²) in [7, 11) is 0. The Bertz CT molecular complexity index is 542. The predicted octanol–water partition coefficient (Wildman–Crippen LogP) is 3.26. The molecular weight excluding hydrogens is 236 g/mol. The van der Waals surface area contributed by atoms with E-state index in [1.54, 1.807) is 6.08 Å². The topological polar surface area (TPSA) is 34.1 Å². The lowest BCUT2D eigenvalue weighted by atomic mass is 9.61. The molecule has 1 saturated carbocycles. The zero-order valence-electron chi connectivity index (χ0n) is 11.0. The summed E-state index contributed by atoms with van der Waals surface area (Å²) in [5.74, 6) is 0.523. The Morgan fingerprint density at radius 1 is 1.00 bits per heavy atom. The largest absolute Gasteiger partial charge is 0.299 e. The minimum absolute atomic E-state index is 0.188. The standard InChI is InChI=1S/C17H18O2/c18-15-9-10-17(12-13-5-2-1-3-6-13)14(11-15)7-4-8-16(17)19/h1-3,5-6,11H,4,7-10,12H2/t17-/m1/s1. The summed E-state index contributed by atoms with van der Waals surface area (Å²) in [4.78, 5) is 24.1. The van der Waals surface area contributed by atoms with Gasteiger partial charge in [-0.3, -0.25) is 9.59 Å². The van der Waals surface area contributed by atoms with Crippen LogP contribution in [0.1, 0.15) is 37.7 Å². The summed E-state index contributed by atoms with van der Waals surface area (Å²) in [5.41, 5.74) is 1.90. The molecule has 0 saturated heterocycles. The van der Waals surface area contributed by atoms with Crippen molar-refractivity contribution in [1.29, 1.82) is 0 Å². The van der Waals surface area contributed by atoms with E-state index in [1.807, 2.05) is 18.2 Å². The lowest BCUT2D eigenvalue weighted by Gasteiger charge is -2.40. The first-order valence-corrected chi connectivity index (χ1v) is 7.02. The summed E-state index contributed by atoms with van der Waals surface area (Å²) in [6, 6.07) is 10.2. The van der Waals surface area contributed by atoms with Crippen LogP contribution >= 0.6 is 0 Å². The van der Waals surface area contributed by atoms with E-state index >= 15 is 0 Å². The van der Waals surface area contributed by atoms with E-state index in [1.165, 1.54) is 5.56 Å². The molecule has 1 atom stereocenters. The molecule has 0 aromatic heterocycles. The maximum Gasteiger partial charge on any atom is 0.155 e. The zero-order chi connectivity index (χ0) is 13.3. The molecule has 1 aromatic rings. The number of carbonyl (C=O) groups excluding carboxylic acids is 2. The van der Waals surface area contributed by atoms with Gasteiger partial charge in [0, 0.05) is 12.8 Å². The van der Waals surface area contributed by atoms with Crippen molar-refractivity contribution >= 4 is 11.6 Å². The molecule has 1 aromatic carbocycles. The van der Waals surface area contributed by atoms with Crippen molar-refractivity contribution < 1.29 is 9.59 Å². The van der Waals surface area contributed by atoms with Crippen LogP contribution in [0.2, 0.25) is 0 Å². The normalized spacial score (nSPS) is 26.8. The molecule has 0 spiro atoms. The molecule has 2 nitrogen and oxygen atoms in total. The molecule has 19 heavy (non-hydrogen) atoms. The number of benzene rings is 1. The summed E-state index contributed by atoms with van der Waals surface area (Å²) in [6.07, 6.45) is 6.19. The van der Waals surface area contributed by atoms with Crippen LogP contribution in [-0.2, 0) is 16.0 Å². The number of hydrogen-bond donors (Lipinski definition) is 0. The number of carbonyl (C=O) groups is 2. The molecule has 0 unspecified atom stereocenters. The van der Waals surface area contributed by atoms with Gasteiger partial charge in [-0.1, -0.05) is 35.9 Å². The lowest BCUT2D eigenvalue weighted by Crippen LogP contribution is -2.41. The van der Waals surface area contributed by atoms with Gasteiger partial charge in [-0.15, -0.1) is 0 Å². The average molecular weight is 254 g/mol. The number of allylic oxidation sites excluding steroid dienone is 2. The van der Waals surface area contributed by atoms with Crippen LogP contribution in [-0.4, -0.2) is 11.6 Å². The maximum absolute atomic E-state index is 12.5. The second-order valence-electron chi connectivity index (χ2n) is 5.66. The minimum Gasteiger partial charge on any atom is -0.299 e. The molecule has 0 radical (unpaired) electrons. The van der Waals surface area contributed by atoms with Gasteiger partial charge < -0.3 is 0 Å². The van der Waals surface area contributed by atoms with E-state index in [9.17, 15) is 9.59 Å². The number of rotatable bonds is 2. The molecule has 0 bridgehead atoms. The number of Topliss-reactive ketones (excluding diaryl/α,β-unsaturated/α-hetero) is 1. The van der Waals surface area contributed by atoms with E-state index in [0.29, 0.717) is 25.0 Å².